The molecule has 4 N–H and O–H groups in total. The van der Waals surface area contributed by atoms with Gasteiger partial charge in [0.05, 0.1) is 41.4 Å². The molecule has 0 spiro atoms. The number of benzene rings is 2. The second-order valence-corrected chi connectivity index (χ2v) is 6.71. The third-order valence-corrected chi connectivity index (χ3v) is 4.74. The molecule has 0 bridgehead atoms. The smallest absolute Gasteiger partial charge is 0.343 e. The van der Waals surface area contributed by atoms with Crippen LogP contribution in [-0.4, -0.2) is 42.9 Å². The van der Waals surface area contributed by atoms with E-state index in [9.17, 15) is 4.79 Å². The molecule has 10 heteroatoms. The number of hydrogen-bond acceptors (Lipinski definition) is 8. The van der Waals surface area contributed by atoms with Gasteiger partial charge in [-0.2, -0.15) is 15.2 Å². The molecule has 2 aromatic carbocycles. The van der Waals surface area contributed by atoms with Crippen LogP contribution >= 0.6 is 0 Å². The van der Waals surface area contributed by atoms with E-state index in [0.29, 0.717) is 11.8 Å². The second kappa shape index (κ2) is 7.75. The summed E-state index contributed by atoms with van der Waals surface area (Å²) in [4.78, 5) is 21.3. The lowest BCUT2D eigenvalue weighted by atomic mass is 10.2. The highest BCUT2D eigenvalue weighted by molar-refractivity contribution is 5.98. The highest BCUT2D eigenvalue weighted by atomic mass is 16.5. The monoisotopic (exact) mass is 414 g/mol. The van der Waals surface area contributed by atoms with Gasteiger partial charge < -0.3 is 15.4 Å². The molecule has 0 aliphatic carbocycles. The summed E-state index contributed by atoms with van der Waals surface area (Å²) in [6.45, 7) is 1.99. The molecule has 3 aromatic heterocycles. The number of fused-ring (bicyclic) bond motifs is 2. The summed E-state index contributed by atoms with van der Waals surface area (Å²) >= 11 is 0. The number of carbonyl (C=O) groups excluding carboxylic acids is 1. The van der Waals surface area contributed by atoms with Crippen LogP contribution in [0.15, 0.2) is 55.0 Å². The predicted octanol–water partition coefficient (Wildman–Crippen LogP) is 3.89. The lowest BCUT2D eigenvalue weighted by Gasteiger charge is -2.13. The predicted molar refractivity (Wildman–Crippen MR) is 117 cm³/mol. The van der Waals surface area contributed by atoms with Crippen molar-refractivity contribution < 1.29 is 9.53 Å². The number of hydrogen-bond donors (Lipinski definition) is 4. The third kappa shape index (κ3) is 3.50. The molecule has 5 aromatic rings. The first-order chi connectivity index (χ1) is 15.2. The number of rotatable bonds is 6. The topological polar surface area (TPSA) is 134 Å². The highest BCUT2D eigenvalue weighted by Crippen LogP contribution is 2.28. The standard InChI is InChI=1S/C21H18N8O2/c1-2-31-20(30)14-11-22-21(26-16-8-4-6-13-10-24-29-18(13)16)27-19(14)25-15-7-3-5-12-9-23-28-17(12)15/h3-11H,2H2,1H3,(H,23,28)(H,24,29)(H2,22,25,26,27). The Labute approximate surface area is 176 Å². The van der Waals surface area contributed by atoms with Gasteiger partial charge in [0.1, 0.15) is 5.56 Å². The minimum absolute atomic E-state index is 0.226. The minimum Gasteiger partial charge on any atom is -0.462 e. The Balaban J connectivity index is 1.55. The van der Waals surface area contributed by atoms with Crippen molar-refractivity contribution in [2.75, 3.05) is 17.2 Å². The lowest BCUT2D eigenvalue weighted by molar-refractivity contribution is 0.0526. The lowest BCUT2D eigenvalue weighted by Crippen LogP contribution is -2.12. The summed E-state index contributed by atoms with van der Waals surface area (Å²) in [5.41, 5.74) is 3.34. The van der Waals surface area contributed by atoms with Crippen molar-refractivity contribution in [1.29, 1.82) is 0 Å². The maximum Gasteiger partial charge on any atom is 0.343 e. The van der Waals surface area contributed by atoms with Gasteiger partial charge in [0, 0.05) is 17.0 Å². The number of H-pyrrole nitrogens is 2. The number of para-hydroxylation sites is 2. The van der Waals surface area contributed by atoms with Gasteiger partial charge >= 0.3 is 5.97 Å². The number of aromatic amines is 2. The number of nitrogens with zero attached hydrogens (tertiary/aromatic N) is 4. The van der Waals surface area contributed by atoms with E-state index >= 15 is 0 Å². The maximum atomic E-state index is 12.5. The Morgan fingerprint density at radius 1 is 0.935 bits per heavy atom. The average molecular weight is 414 g/mol. The van der Waals surface area contributed by atoms with Crippen LogP contribution in [0.5, 0.6) is 0 Å². The van der Waals surface area contributed by atoms with Gasteiger partial charge in [-0.05, 0) is 19.1 Å². The van der Waals surface area contributed by atoms with Crippen LogP contribution in [0.3, 0.4) is 0 Å². The van der Waals surface area contributed by atoms with Gasteiger partial charge in [0.25, 0.3) is 0 Å². The van der Waals surface area contributed by atoms with E-state index in [1.807, 2.05) is 36.4 Å². The fourth-order valence-electron chi connectivity index (χ4n) is 3.29. The van der Waals surface area contributed by atoms with Crippen LogP contribution < -0.4 is 10.6 Å². The molecule has 0 radical (unpaired) electrons. The zero-order valence-corrected chi connectivity index (χ0v) is 16.5. The first kappa shape index (κ1) is 18.6. The van der Waals surface area contributed by atoms with Gasteiger partial charge in [-0.25, -0.2) is 9.78 Å². The number of aromatic nitrogens is 6. The van der Waals surface area contributed by atoms with Gasteiger partial charge in [0.2, 0.25) is 5.95 Å². The first-order valence-electron chi connectivity index (χ1n) is 9.65. The molecule has 0 fully saturated rings. The van der Waals surface area contributed by atoms with E-state index in [1.54, 1.807) is 19.3 Å². The van der Waals surface area contributed by atoms with Crippen LogP contribution in [0.25, 0.3) is 21.8 Å². The van der Waals surface area contributed by atoms with Gasteiger partial charge in [0.15, 0.2) is 5.82 Å². The summed E-state index contributed by atoms with van der Waals surface area (Å²) in [5.74, 6) is 0.119. The van der Waals surface area contributed by atoms with Crippen LogP contribution in [0.1, 0.15) is 17.3 Å². The molecule has 0 atom stereocenters. The van der Waals surface area contributed by atoms with Crippen molar-refractivity contribution in [3.63, 3.8) is 0 Å². The molecule has 10 nitrogen and oxygen atoms in total. The van der Waals surface area contributed by atoms with E-state index in [2.05, 4.69) is 41.0 Å². The largest absolute Gasteiger partial charge is 0.462 e. The number of carbonyl (C=O) groups is 1. The summed E-state index contributed by atoms with van der Waals surface area (Å²) in [5, 5.41) is 22.3. The normalized spacial score (nSPS) is 11.0. The molecule has 5 rings (SSSR count). The molecule has 0 aliphatic heterocycles. The quantitative estimate of drug-likeness (QED) is 0.308. The van der Waals surface area contributed by atoms with E-state index in [1.165, 1.54) is 6.20 Å². The number of esters is 1. The van der Waals surface area contributed by atoms with Crippen LogP contribution in [0.4, 0.5) is 23.1 Å². The van der Waals surface area contributed by atoms with Crippen LogP contribution in [0, 0.1) is 0 Å². The van der Waals surface area contributed by atoms with E-state index in [0.717, 1.165) is 33.2 Å². The van der Waals surface area contributed by atoms with Crippen LogP contribution in [0.2, 0.25) is 0 Å². The molecule has 31 heavy (non-hydrogen) atoms. The van der Waals surface area contributed by atoms with Gasteiger partial charge in [-0.15, -0.1) is 0 Å². The van der Waals surface area contributed by atoms with Crippen LogP contribution in [-0.2, 0) is 4.74 Å². The maximum absolute atomic E-state index is 12.5. The van der Waals surface area contributed by atoms with Crippen molar-refractivity contribution in [2.45, 2.75) is 6.92 Å². The highest BCUT2D eigenvalue weighted by Gasteiger charge is 2.18. The van der Waals surface area contributed by atoms with E-state index in [4.69, 9.17) is 4.74 Å². The average Bonchev–Trinajstić information content (AvgIpc) is 3.44. The number of anilines is 4. The molecular weight excluding hydrogens is 396 g/mol. The zero-order valence-electron chi connectivity index (χ0n) is 16.5. The molecule has 0 saturated heterocycles. The van der Waals surface area contributed by atoms with E-state index < -0.39 is 5.97 Å². The molecule has 0 saturated carbocycles. The first-order valence-corrected chi connectivity index (χ1v) is 9.65. The summed E-state index contributed by atoms with van der Waals surface area (Å²) in [6.07, 6.45) is 4.91. The van der Waals surface area contributed by atoms with Gasteiger partial charge in [-0.3, -0.25) is 10.2 Å². The fraction of sp³-hybridized carbons (Fsp3) is 0.0952. The fourth-order valence-corrected chi connectivity index (χ4v) is 3.29. The third-order valence-electron chi connectivity index (χ3n) is 4.74. The Morgan fingerprint density at radius 2 is 1.58 bits per heavy atom. The minimum atomic E-state index is -0.510. The molecule has 0 amide bonds. The Hall–Kier alpha value is -4.47. The number of nitrogens with one attached hydrogen (secondary N) is 4. The summed E-state index contributed by atoms with van der Waals surface area (Å²) in [6, 6.07) is 11.5. The molecule has 0 unspecified atom stereocenters. The Morgan fingerprint density at radius 3 is 2.23 bits per heavy atom. The molecule has 0 aliphatic rings. The summed E-state index contributed by atoms with van der Waals surface area (Å²) < 4.78 is 5.17. The van der Waals surface area contributed by atoms with Crippen molar-refractivity contribution in [1.82, 2.24) is 30.4 Å². The number of ether oxygens (including phenoxy) is 1. The summed E-state index contributed by atoms with van der Waals surface area (Å²) in [7, 11) is 0. The SMILES string of the molecule is CCOC(=O)c1cnc(Nc2cccc3cn[nH]c23)nc1Nc1cccc2cn[nH]c12. The molecule has 154 valence electrons. The second-order valence-electron chi connectivity index (χ2n) is 6.71. The van der Waals surface area contributed by atoms with Crippen molar-refractivity contribution in [2.24, 2.45) is 0 Å². The molecular formula is C21H18N8O2. The molecule has 3 heterocycles. The van der Waals surface area contributed by atoms with Crippen molar-refractivity contribution >= 4 is 50.9 Å². The van der Waals surface area contributed by atoms with Crippen molar-refractivity contribution in [3.8, 4) is 0 Å². The Kier molecular flexibility index (Phi) is 4.64. The van der Waals surface area contributed by atoms with E-state index in [-0.39, 0.29) is 12.2 Å². The van der Waals surface area contributed by atoms with Gasteiger partial charge in [-0.1, -0.05) is 24.3 Å². The Bertz CT molecular complexity index is 1390. The zero-order chi connectivity index (χ0) is 21.2. The van der Waals surface area contributed by atoms with Crippen molar-refractivity contribution in [3.05, 3.63) is 60.6 Å².